The van der Waals surface area contributed by atoms with E-state index in [1.165, 1.54) is 9.80 Å². The van der Waals surface area contributed by atoms with Crippen LogP contribution in [0.25, 0.3) is 56.3 Å². The number of rotatable bonds is 12. The molecule has 0 fully saturated rings. The van der Waals surface area contributed by atoms with Gasteiger partial charge >= 0.3 is 39.0 Å². The molecule has 0 saturated carbocycles. The average molecular weight is 1380 g/mol. The van der Waals surface area contributed by atoms with E-state index in [4.69, 9.17) is 0 Å². The zero-order valence-electron chi connectivity index (χ0n) is 46.8. The van der Waals surface area contributed by atoms with Crippen molar-refractivity contribution in [3.63, 3.8) is 0 Å². The standard InChI is InChI=1S/C26H22N6O4.4C10H8N2.2ClH.2Ru/c33-23-17-3-5-19-22-20(26(36)32(25(19)35)12-2-10-30-14-8-28-16-30)6-4-18(21(17)22)24(34)31(23)11-1-9-29-13-7-27-15-29;4*1-3-7-11-9(5-1)10-6-2-4-8-12-10;;;;/h3-8,13-16H,1-2,9-12H2;4*1-8H;2*1H;;/q;;;;;;;2*+2/p-2. The average Bonchev–Trinajstić information content (AvgIpc) is 0.804. The van der Waals surface area contributed by atoms with Crippen LogP contribution < -0.4 is 24.8 Å². The van der Waals surface area contributed by atoms with Crippen LogP contribution in [-0.2, 0) is 52.0 Å². The van der Waals surface area contributed by atoms with Crippen LogP contribution >= 0.6 is 0 Å². The number of hydrogen-bond donors (Lipinski definition) is 0. The van der Waals surface area contributed by atoms with Gasteiger partial charge < -0.3 is 33.9 Å². The number of amides is 4. The van der Waals surface area contributed by atoms with Gasteiger partial charge in [-0.3, -0.25) is 68.8 Å². The molecule has 12 aromatic rings. The molecule has 0 radical (unpaired) electrons. The van der Waals surface area contributed by atoms with Crippen LogP contribution in [0.4, 0.5) is 0 Å². The molecule has 22 heteroatoms. The topological polar surface area (TPSA) is 214 Å². The Morgan fingerprint density at radius 3 is 0.659 bits per heavy atom. The van der Waals surface area contributed by atoms with Crippen LogP contribution in [-0.4, -0.2) is 105 Å². The summed E-state index contributed by atoms with van der Waals surface area (Å²) in [5.41, 5.74) is 8.66. The van der Waals surface area contributed by atoms with E-state index in [-0.39, 0.29) is 76.9 Å². The molecule has 18 nitrogen and oxygen atoms in total. The van der Waals surface area contributed by atoms with Crippen LogP contribution in [0.5, 0.6) is 0 Å². The summed E-state index contributed by atoms with van der Waals surface area (Å²) < 4.78 is 3.77. The van der Waals surface area contributed by atoms with Gasteiger partial charge in [-0.15, -0.1) is 0 Å². The molecule has 10 aromatic heterocycles. The van der Waals surface area contributed by atoms with Crippen molar-refractivity contribution in [2.24, 2.45) is 0 Å². The molecule has 0 N–H and O–H groups in total. The number of nitrogens with zero attached hydrogens (tertiary/aromatic N) is 14. The van der Waals surface area contributed by atoms with Crippen molar-refractivity contribution >= 4 is 34.4 Å². The van der Waals surface area contributed by atoms with Crippen molar-refractivity contribution in [2.45, 2.75) is 25.9 Å². The monoisotopic (exact) mass is 1380 g/mol. The Bertz CT molecular complexity index is 3420. The summed E-state index contributed by atoms with van der Waals surface area (Å²) in [7, 11) is 0. The molecule has 12 heterocycles. The zero-order chi connectivity index (χ0) is 57.7. The van der Waals surface area contributed by atoms with E-state index in [2.05, 4.69) is 49.8 Å². The van der Waals surface area contributed by atoms with E-state index < -0.39 is 23.6 Å². The van der Waals surface area contributed by atoms with E-state index in [1.54, 1.807) is 98.9 Å². The quantitative estimate of drug-likeness (QED) is 0.114. The van der Waals surface area contributed by atoms with Gasteiger partial charge in [0.05, 0.1) is 58.2 Å². The number of benzene rings is 2. The normalized spacial score (nSPS) is 11.4. The first-order valence-corrected chi connectivity index (χ1v) is 26.9. The van der Waals surface area contributed by atoms with Gasteiger partial charge in [-0.25, -0.2) is 9.97 Å². The minimum atomic E-state index is -0.413. The second-order valence-electron chi connectivity index (χ2n) is 18.6. The number of halogens is 2. The minimum Gasteiger partial charge on any atom is -1.00 e. The maximum Gasteiger partial charge on any atom is 2.00 e. The molecule has 0 bridgehead atoms. The molecule has 440 valence electrons. The predicted octanol–water partition coefficient (Wildman–Crippen LogP) is 5.18. The Hall–Kier alpha value is -9.57. The third-order valence-electron chi connectivity index (χ3n) is 13.1. The van der Waals surface area contributed by atoms with Gasteiger partial charge in [0.2, 0.25) is 0 Å². The summed E-state index contributed by atoms with van der Waals surface area (Å²) >= 11 is 0. The zero-order valence-corrected chi connectivity index (χ0v) is 51.8. The van der Waals surface area contributed by atoms with Gasteiger partial charge in [-0.05, 0) is 134 Å². The largest absolute Gasteiger partial charge is 2.00 e. The number of imidazole rings is 2. The number of aryl methyl sites for hydroxylation is 2. The Labute approximate surface area is 546 Å². The molecule has 0 aliphatic carbocycles. The Morgan fingerprint density at radius 2 is 0.489 bits per heavy atom. The van der Waals surface area contributed by atoms with E-state index in [9.17, 15) is 19.2 Å². The van der Waals surface area contributed by atoms with Crippen molar-refractivity contribution in [1.82, 2.24) is 68.8 Å². The maximum absolute atomic E-state index is 13.3. The Morgan fingerprint density at radius 1 is 0.273 bits per heavy atom. The number of aromatic nitrogens is 12. The molecule has 4 amide bonds. The number of carbonyl (C=O) groups excluding carboxylic acids is 4. The fourth-order valence-corrected chi connectivity index (χ4v) is 9.16. The molecule has 0 atom stereocenters. The second kappa shape index (κ2) is 34.5. The Kier molecular flexibility index (Phi) is 26.5. The number of imide groups is 2. The molecule has 2 aromatic carbocycles. The van der Waals surface area contributed by atoms with Gasteiger partial charge in [0.25, 0.3) is 23.6 Å². The minimum absolute atomic E-state index is 0. The van der Waals surface area contributed by atoms with Gasteiger partial charge in [0.1, 0.15) is 0 Å². The smallest absolute Gasteiger partial charge is 1.00 e. The van der Waals surface area contributed by atoms with Gasteiger partial charge in [-0.1, -0.05) is 48.5 Å². The van der Waals surface area contributed by atoms with E-state index in [0.717, 1.165) is 45.6 Å². The number of hydrogen-bond acceptors (Lipinski definition) is 14. The van der Waals surface area contributed by atoms with Crippen molar-refractivity contribution in [1.29, 1.82) is 0 Å². The van der Waals surface area contributed by atoms with E-state index in [1.807, 2.05) is 167 Å². The molecule has 88 heavy (non-hydrogen) atoms. The molecular formula is C66H54Cl2N14O4Ru2+2. The maximum atomic E-state index is 13.3. The molecule has 2 aliphatic heterocycles. The van der Waals surface area contributed by atoms with E-state index in [0.29, 0.717) is 59.0 Å². The van der Waals surface area contributed by atoms with Crippen molar-refractivity contribution < 1.29 is 82.9 Å². The first-order valence-electron chi connectivity index (χ1n) is 26.9. The van der Waals surface area contributed by atoms with Gasteiger partial charge in [-0.2, -0.15) is 0 Å². The van der Waals surface area contributed by atoms with Gasteiger partial charge in [0.15, 0.2) is 0 Å². The molecule has 14 rings (SSSR count). The first kappa shape index (κ1) is 67.6. The van der Waals surface area contributed by atoms with Crippen molar-refractivity contribution in [3.05, 3.63) is 279 Å². The molecular weight excluding hydrogens is 1330 g/mol. The summed E-state index contributed by atoms with van der Waals surface area (Å²) in [6.45, 7) is 1.75. The number of pyridine rings is 8. The summed E-state index contributed by atoms with van der Waals surface area (Å²) in [5.74, 6) is -1.65. The third kappa shape index (κ3) is 17.3. The van der Waals surface area contributed by atoms with Crippen LogP contribution in [0.2, 0.25) is 0 Å². The molecule has 0 spiro atoms. The molecule has 0 saturated heterocycles. The second-order valence-corrected chi connectivity index (χ2v) is 18.6. The van der Waals surface area contributed by atoms with Crippen molar-refractivity contribution in [3.8, 4) is 45.6 Å². The summed E-state index contributed by atoms with van der Waals surface area (Å²) in [4.78, 5) is 97.2. The summed E-state index contributed by atoms with van der Waals surface area (Å²) in [6.07, 6.45) is 25.7. The van der Waals surface area contributed by atoms with Crippen LogP contribution in [0.3, 0.4) is 0 Å². The Balaban J connectivity index is 0.000000196. The predicted molar refractivity (Wildman–Crippen MR) is 318 cm³/mol. The third-order valence-corrected chi connectivity index (χ3v) is 13.1. The van der Waals surface area contributed by atoms with Crippen LogP contribution in [0.15, 0.2) is 257 Å². The van der Waals surface area contributed by atoms with Crippen LogP contribution in [0.1, 0.15) is 54.3 Å². The molecule has 0 unspecified atom stereocenters. The first-order chi connectivity index (χ1) is 41.4. The molecule has 2 aliphatic rings. The number of carbonyl (C=O) groups is 4. The SMILES string of the molecule is O=C1c2ccc3c4c(ccc(c24)C(=O)N1CCCn1ccnc1)C(=O)N(CCCn1ccnc1)C3=O.[Cl-].[Cl-].[Ru+2].[Ru+2].c1ccc(-c2ccccn2)nc1.c1ccc(-c2ccccn2)nc1.c1ccc(-c2ccccn2)nc1.c1ccc(-c2ccccn2)nc1. The van der Waals surface area contributed by atoms with Crippen LogP contribution in [0, 0.1) is 0 Å². The van der Waals surface area contributed by atoms with Crippen molar-refractivity contribution in [2.75, 3.05) is 13.1 Å². The van der Waals surface area contributed by atoms with Gasteiger partial charge in [0, 0.05) is 134 Å². The summed E-state index contributed by atoms with van der Waals surface area (Å²) in [6, 6.07) is 52.8. The summed E-state index contributed by atoms with van der Waals surface area (Å²) in [5, 5.41) is 0.788. The fourth-order valence-electron chi connectivity index (χ4n) is 9.16. The van der Waals surface area contributed by atoms with E-state index >= 15 is 0 Å². The fraction of sp³-hybridized carbons (Fsp3) is 0.0909.